The molecule has 0 unspecified atom stereocenters. The van der Waals surface area contributed by atoms with Gasteiger partial charge in [-0.3, -0.25) is 9.59 Å². The first-order valence-corrected chi connectivity index (χ1v) is 7.66. The van der Waals surface area contributed by atoms with Gasteiger partial charge in [0.15, 0.2) is 17.3 Å². The van der Waals surface area contributed by atoms with Gasteiger partial charge in [0.05, 0.1) is 14.2 Å². The minimum atomic E-state index is -0.213. The summed E-state index contributed by atoms with van der Waals surface area (Å²) in [5, 5.41) is 2.82. The highest BCUT2D eigenvalue weighted by Gasteiger charge is 2.13. The van der Waals surface area contributed by atoms with Crippen molar-refractivity contribution in [2.24, 2.45) is 0 Å². The molecule has 0 aromatic heterocycles. The standard InChI is InChI=1S/C19H21NO4/c1-13-11-17(23-2)18(24-3)12-15(13)20-19(22)10-9-16(21)14-7-5-4-6-8-14/h4-8,11-12H,9-10H2,1-3H3,(H,20,22). The van der Waals surface area contributed by atoms with Crippen molar-refractivity contribution in [3.05, 3.63) is 53.6 Å². The first-order chi connectivity index (χ1) is 11.5. The average Bonchev–Trinajstić information content (AvgIpc) is 2.61. The summed E-state index contributed by atoms with van der Waals surface area (Å²) in [6, 6.07) is 12.5. The molecule has 0 fully saturated rings. The number of hydrogen-bond acceptors (Lipinski definition) is 4. The molecule has 1 amide bonds. The van der Waals surface area contributed by atoms with Gasteiger partial charge in [0, 0.05) is 30.2 Å². The van der Waals surface area contributed by atoms with Crippen LogP contribution in [0.25, 0.3) is 0 Å². The van der Waals surface area contributed by atoms with Gasteiger partial charge < -0.3 is 14.8 Å². The molecule has 2 aromatic carbocycles. The van der Waals surface area contributed by atoms with Crippen molar-refractivity contribution in [2.75, 3.05) is 19.5 Å². The first kappa shape index (κ1) is 17.5. The lowest BCUT2D eigenvalue weighted by Crippen LogP contribution is -2.14. The minimum Gasteiger partial charge on any atom is -0.493 e. The molecule has 0 aliphatic heterocycles. The van der Waals surface area contributed by atoms with Crippen LogP contribution in [-0.2, 0) is 4.79 Å². The molecular formula is C19H21NO4. The molecule has 24 heavy (non-hydrogen) atoms. The highest BCUT2D eigenvalue weighted by molar-refractivity contribution is 6.00. The first-order valence-electron chi connectivity index (χ1n) is 7.66. The third kappa shape index (κ3) is 4.35. The summed E-state index contributed by atoms with van der Waals surface area (Å²) in [7, 11) is 3.10. The predicted molar refractivity (Wildman–Crippen MR) is 92.9 cm³/mol. The molecule has 0 saturated heterocycles. The summed E-state index contributed by atoms with van der Waals surface area (Å²) in [4.78, 5) is 24.2. The number of Topliss-reactive ketones (excluding diaryl/α,β-unsaturated/α-hetero) is 1. The SMILES string of the molecule is COc1cc(C)c(NC(=O)CCC(=O)c2ccccc2)cc1OC. The summed E-state index contributed by atoms with van der Waals surface area (Å²) < 4.78 is 10.5. The minimum absolute atomic E-state index is 0.0465. The van der Waals surface area contributed by atoms with Gasteiger partial charge in [-0.2, -0.15) is 0 Å². The van der Waals surface area contributed by atoms with E-state index in [1.165, 1.54) is 7.11 Å². The molecule has 5 heteroatoms. The van der Waals surface area contributed by atoms with Crippen LogP contribution in [0.1, 0.15) is 28.8 Å². The largest absolute Gasteiger partial charge is 0.493 e. The van der Waals surface area contributed by atoms with Crippen LogP contribution >= 0.6 is 0 Å². The molecule has 0 bridgehead atoms. The van der Waals surface area contributed by atoms with Crippen LogP contribution in [0.5, 0.6) is 11.5 Å². The fourth-order valence-electron chi connectivity index (χ4n) is 2.32. The Labute approximate surface area is 141 Å². The van der Waals surface area contributed by atoms with Crippen LogP contribution in [-0.4, -0.2) is 25.9 Å². The summed E-state index contributed by atoms with van der Waals surface area (Å²) in [6.07, 6.45) is 0.295. The lowest BCUT2D eigenvalue weighted by molar-refractivity contribution is -0.116. The Morgan fingerprint density at radius 3 is 2.21 bits per heavy atom. The highest BCUT2D eigenvalue weighted by Crippen LogP contribution is 2.32. The van der Waals surface area contributed by atoms with Gasteiger partial charge >= 0.3 is 0 Å². The van der Waals surface area contributed by atoms with E-state index >= 15 is 0 Å². The van der Waals surface area contributed by atoms with Crippen molar-refractivity contribution in [1.82, 2.24) is 0 Å². The third-order valence-corrected chi connectivity index (χ3v) is 3.68. The van der Waals surface area contributed by atoms with E-state index in [1.807, 2.05) is 13.0 Å². The predicted octanol–water partition coefficient (Wildman–Crippen LogP) is 3.61. The monoisotopic (exact) mass is 327 g/mol. The Hall–Kier alpha value is -2.82. The van der Waals surface area contributed by atoms with Crippen LogP contribution in [0.3, 0.4) is 0 Å². The lowest BCUT2D eigenvalue weighted by atomic mass is 10.1. The van der Waals surface area contributed by atoms with Gasteiger partial charge in [-0.1, -0.05) is 30.3 Å². The van der Waals surface area contributed by atoms with Gasteiger partial charge in [0.25, 0.3) is 0 Å². The number of methoxy groups -OCH3 is 2. The van der Waals surface area contributed by atoms with Gasteiger partial charge in [0.1, 0.15) is 0 Å². The van der Waals surface area contributed by atoms with E-state index in [4.69, 9.17) is 9.47 Å². The molecule has 0 atom stereocenters. The topological polar surface area (TPSA) is 64.6 Å². The summed E-state index contributed by atoms with van der Waals surface area (Å²) in [5.41, 5.74) is 2.12. The van der Waals surface area contributed by atoms with E-state index in [0.29, 0.717) is 22.7 Å². The second-order valence-corrected chi connectivity index (χ2v) is 5.36. The van der Waals surface area contributed by atoms with Crippen LogP contribution in [0, 0.1) is 6.92 Å². The van der Waals surface area contributed by atoms with E-state index in [2.05, 4.69) is 5.32 Å². The number of aryl methyl sites for hydroxylation is 1. The van der Waals surface area contributed by atoms with Crippen molar-refractivity contribution < 1.29 is 19.1 Å². The molecule has 2 rings (SSSR count). The molecule has 0 radical (unpaired) electrons. The van der Waals surface area contributed by atoms with Crippen molar-refractivity contribution in [1.29, 1.82) is 0 Å². The number of ketones is 1. The fraction of sp³-hybridized carbons (Fsp3) is 0.263. The van der Waals surface area contributed by atoms with Crippen LogP contribution in [0.15, 0.2) is 42.5 Å². The molecule has 0 saturated carbocycles. The van der Waals surface area contributed by atoms with E-state index in [-0.39, 0.29) is 24.5 Å². The van der Waals surface area contributed by atoms with Gasteiger partial charge in [0.2, 0.25) is 5.91 Å². The molecule has 126 valence electrons. The summed E-state index contributed by atoms with van der Waals surface area (Å²) in [5.74, 6) is 0.885. The van der Waals surface area contributed by atoms with Crippen molar-refractivity contribution in [3.8, 4) is 11.5 Å². The number of anilines is 1. The molecule has 0 spiro atoms. The quantitative estimate of drug-likeness (QED) is 0.789. The normalized spacial score (nSPS) is 10.1. The Balaban J connectivity index is 1.98. The molecule has 0 aliphatic carbocycles. The van der Waals surface area contributed by atoms with Gasteiger partial charge in [-0.05, 0) is 18.6 Å². The second kappa shape index (κ2) is 8.15. The van der Waals surface area contributed by atoms with Crippen molar-refractivity contribution in [3.63, 3.8) is 0 Å². The van der Waals surface area contributed by atoms with Crippen molar-refractivity contribution in [2.45, 2.75) is 19.8 Å². The maximum atomic E-state index is 12.1. The second-order valence-electron chi connectivity index (χ2n) is 5.36. The molecule has 0 heterocycles. The Morgan fingerprint density at radius 2 is 1.58 bits per heavy atom. The van der Waals surface area contributed by atoms with Crippen LogP contribution < -0.4 is 14.8 Å². The number of carbonyl (C=O) groups is 2. The Bertz CT molecular complexity index is 726. The molecule has 0 aliphatic rings. The van der Waals surface area contributed by atoms with Gasteiger partial charge in [-0.15, -0.1) is 0 Å². The molecule has 1 N–H and O–H groups in total. The van der Waals surface area contributed by atoms with E-state index in [1.54, 1.807) is 43.5 Å². The third-order valence-electron chi connectivity index (χ3n) is 3.68. The highest BCUT2D eigenvalue weighted by atomic mass is 16.5. The molecule has 2 aromatic rings. The average molecular weight is 327 g/mol. The zero-order valence-electron chi connectivity index (χ0n) is 14.1. The number of benzene rings is 2. The number of hydrogen-bond donors (Lipinski definition) is 1. The van der Waals surface area contributed by atoms with E-state index in [9.17, 15) is 9.59 Å². The summed E-state index contributed by atoms with van der Waals surface area (Å²) in [6.45, 7) is 1.87. The molecule has 5 nitrogen and oxygen atoms in total. The Morgan fingerprint density at radius 1 is 0.958 bits per heavy atom. The Kier molecular flexibility index (Phi) is 5.95. The van der Waals surface area contributed by atoms with Crippen molar-refractivity contribution >= 4 is 17.4 Å². The zero-order chi connectivity index (χ0) is 17.5. The van der Waals surface area contributed by atoms with Crippen LogP contribution in [0.2, 0.25) is 0 Å². The molecular weight excluding hydrogens is 306 g/mol. The number of rotatable bonds is 7. The lowest BCUT2D eigenvalue weighted by Gasteiger charge is -2.13. The maximum absolute atomic E-state index is 12.1. The number of nitrogens with one attached hydrogen (secondary N) is 1. The maximum Gasteiger partial charge on any atom is 0.224 e. The smallest absolute Gasteiger partial charge is 0.224 e. The van der Waals surface area contributed by atoms with E-state index < -0.39 is 0 Å². The fourth-order valence-corrected chi connectivity index (χ4v) is 2.32. The number of carbonyl (C=O) groups excluding carboxylic acids is 2. The number of ether oxygens (including phenoxy) is 2. The summed E-state index contributed by atoms with van der Waals surface area (Å²) >= 11 is 0. The van der Waals surface area contributed by atoms with E-state index in [0.717, 1.165) is 5.56 Å². The zero-order valence-corrected chi connectivity index (χ0v) is 14.1. The number of amides is 1. The van der Waals surface area contributed by atoms with Gasteiger partial charge in [-0.25, -0.2) is 0 Å². The van der Waals surface area contributed by atoms with Crippen LogP contribution in [0.4, 0.5) is 5.69 Å².